The number of alkyl halides is 4. The number of carbonyl (C=O) groups excluding carboxylic acids is 3. The first kappa shape index (κ1) is 78.8. The van der Waals surface area contributed by atoms with Crippen LogP contribution in [-0.2, 0) is 31.9 Å². The summed E-state index contributed by atoms with van der Waals surface area (Å²) in [5.74, 6) is 0.274. The van der Waals surface area contributed by atoms with Gasteiger partial charge in [0.2, 0.25) is 0 Å². The van der Waals surface area contributed by atoms with Crippen molar-refractivity contribution in [2.45, 2.75) is 192 Å². The van der Waals surface area contributed by atoms with Crippen LogP contribution in [0.3, 0.4) is 0 Å². The lowest BCUT2D eigenvalue weighted by Gasteiger charge is -2.28. The van der Waals surface area contributed by atoms with Crippen molar-refractivity contribution in [1.29, 1.82) is 0 Å². The molecule has 4 aromatic carbocycles. The Labute approximate surface area is 661 Å². The molecule has 0 saturated heterocycles. The number of hydrogen-bond donors (Lipinski definition) is 3. The third-order valence-corrected chi connectivity index (χ3v) is 23.0. The van der Waals surface area contributed by atoms with E-state index in [0.29, 0.717) is 52.3 Å². The van der Waals surface area contributed by atoms with E-state index < -0.39 is 23.8 Å². The Hall–Kier alpha value is -9.27. The number of amides is 3. The van der Waals surface area contributed by atoms with Crippen molar-refractivity contribution >= 4 is 87.4 Å². The van der Waals surface area contributed by atoms with Crippen LogP contribution in [0.4, 0.5) is 13.2 Å². The molecule has 2 saturated carbocycles. The number of nitrogens with one attached hydrogen (secondary N) is 3. The van der Waals surface area contributed by atoms with E-state index in [1.165, 1.54) is 80.0 Å². The predicted molar refractivity (Wildman–Crippen MR) is 430 cm³/mol. The largest absolute Gasteiger partial charge is 0.433 e. The molecule has 0 spiro atoms. The quantitative estimate of drug-likeness (QED) is 0.0584. The van der Waals surface area contributed by atoms with E-state index in [2.05, 4.69) is 67.0 Å². The number of fused-ring (bicyclic) bond motifs is 3. The molecule has 2 fully saturated rings. The molecule has 6 heterocycles. The molecule has 3 N–H and O–H groups in total. The van der Waals surface area contributed by atoms with Crippen LogP contribution in [0.1, 0.15) is 241 Å². The van der Waals surface area contributed by atoms with Crippen LogP contribution in [0.5, 0.6) is 0 Å². The summed E-state index contributed by atoms with van der Waals surface area (Å²) in [5.41, 5.74) is 13.9. The van der Waals surface area contributed by atoms with Gasteiger partial charge in [0.15, 0.2) is 17.1 Å². The summed E-state index contributed by atoms with van der Waals surface area (Å²) >= 11 is 24.7. The van der Waals surface area contributed by atoms with Gasteiger partial charge in [-0.15, -0.1) is 11.6 Å². The van der Waals surface area contributed by atoms with Gasteiger partial charge in [-0.2, -0.15) is 28.5 Å². The van der Waals surface area contributed by atoms with E-state index in [9.17, 15) is 27.6 Å². The Bertz CT molecular complexity index is 4650. The van der Waals surface area contributed by atoms with Gasteiger partial charge < -0.3 is 16.0 Å². The van der Waals surface area contributed by atoms with Crippen molar-refractivity contribution in [1.82, 2.24) is 65.2 Å². The van der Waals surface area contributed by atoms with Crippen molar-refractivity contribution in [2.24, 2.45) is 11.8 Å². The maximum atomic E-state index is 13.7. The van der Waals surface area contributed by atoms with Crippen LogP contribution in [0.2, 0.25) is 15.1 Å². The number of halogens is 7. The fraction of sp³-hybridized carbons (Fsp3) is 0.379. The molecule has 4 atom stereocenters. The summed E-state index contributed by atoms with van der Waals surface area (Å²) < 4.78 is 45.9. The second kappa shape index (κ2) is 37.2. The third-order valence-electron chi connectivity index (χ3n) is 21.9. The summed E-state index contributed by atoms with van der Waals surface area (Å²) in [6.07, 6.45) is 31.6. The SMILES string of the molecule is C[C@@H](NC(=O)c1nn(-c2ccncc2)c2c1CCCC/C2=C\c1ccc(Cl)cc1)C1CCCCC1.C[C@H](NC(=O)c1nn(-c2ccncc2)c2c1CCCC/C2=C\c1ccc(Cl)cc1)C1CCCCC1.O=C(N[C@H](CCl)c1ccccc1)c1nn(-c2nccc(C(F)(F)F)n2)c2c1CCCCC2Cc1cccc(Cl)c1. The van der Waals surface area contributed by atoms with Gasteiger partial charge in [0.25, 0.3) is 23.7 Å². The Kier molecular flexibility index (Phi) is 26.6. The molecule has 110 heavy (non-hydrogen) atoms. The smallest absolute Gasteiger partial charge is 0.348 e. The van der Waals surface area contributed by atoms with Crippen LogP contribution in [0.25, 0.3) is 40.6 Å². The average molecular weight is 1570 g/mol. The number of benzene rings is 4. The average Bonchev–Trinajstić information content (AvgIpc) is 1.63. The molecule has 10 aromatic rings. The van der Waals surface area contributed by atoms with Crippen LogP contribution in [0, 0.1) is 11.8 Å². The number of aromatic nitrogens is 10. The topological polar surface area (TPSA) is 192 Å². The van der Waals surface area contributed by atoms with Gasteiger partial charge in [0, 0.05) is 86.6 Å². The van der Waals surface area contributed by atoms with Crippen molar-refractivity contribution in [2.75, 3.05) is 5.88 Å². The maximum absolute atomic E-state index is 13.7. The summed E-state index contributed by atoms with van der Waals surface area (Å²) in [6.45, 7) is 4.30. The lowest BCUT2D eigenvalue weighted by molar-refractivity contribution is -0.141. The van der Waals surface area contributed by atoms with E-state index in [-0.39, 0.29) is 47.3 Å². The lowest BCUT2D eigenvalue weighted by atomic mass is 9.84. The molecule has 6 aromatic heterocycles. The van der Waals surface area contributed by atoms with Crippen molar-refractivity contribution in [3.8, 4) is 17.3 Å². The van der Waals surface area contributed by atoms with Crippen molar-refractivity contribution in [3.05, 3.63) is 258 Å². The number of allylic oxidation sites excluding steroid dienone is 2. The molecule has 3 amide bonds. The molecule has 572 valence electrons. The minimum absolute atomic E-state index is 0.0557. The molecule has 5 aliphatic carbocycles. The molecular formula is C87H92Cl4F3N13O3. The molecule has 15 rings (SSSR count). The first-order chi connectivity index (χ1) is 53.4. The standard InChI is InChI=1S/C29H26Cl2F3N5O.2C29H33ClN4O/c30-17-23(19-8-2-1-3-9-19)36-27(40)25-22-12-5-4-10-20(15-18-7-6-11-21(31)16-18)26(22)39(38-25)28-35-14-13-24(37-28)29(32,33)34;2*1-20(22-7-3-2-4-8-22)32-29(35)27-26-10-6-5-9-23(19-21-11-13-24(30)14-12-21)28(26)34(33-27)25-15-17-31-18-16-25/h1-3,6-9,11,13-14,16,20,23H,4-5,10,12,15,17H2,(H,36,40);2*11-20,22H,2-10H2,1H3,(H,32,35)/b;2*23-19+/t20?,23-;2*20-/m110/s1. The van der Waals surface area contributed by atoms with Crippen molar-refractivity contribution in [3.63, 3.8) is 0 Å². The first-order valence-corrected chi connectivity index (χ1v) is 40.4. The first-order valence-electron chi connectivity index (χ1n) is 38.7. The van der Waals surface area contributed by atoms with Gasteiger partial charge in [0.1, 0.15) is 5.69 Å². The third kappa shape index (κ3) is 19.5. The molecule has 0 bridgehead atoms. The highest BCUT2D eigenvalue weighted by molar-refractivity contribution is 6.31. The summed E-state index contributed by atoms with van der Waals surface area (Å²) in [4.78, 5) is 57.2. The zero-order valence-corrected chi connectivity index (χ0v) is 65.0. The fourth-order valence-corrected chi connectivity index (χ4v) is 17.0. The highest BCUT2D eigenvalue weighted by Crippen LogP contribution is 2.41. The van der Waals surface area contributed by atoms with Crippen LogP contribution in [-0.4, -0.2) is 85.0 Å². The highest BCUT2D eigenvalue weighted by Gasteiger charge is 2.37. The van der Waals surface area contributed by atoms with Gasteiger partial charge in [-0.05, 0) is 241 Å². The molecular weight excluding hydrogens is 1470 g/mol. The van der Waals surface area contributed by atoms with E-state index in [4.69, 9.17) is 56.6 Å². The second-order valence-corrected chi connectivity index (χ2v) is 31.1. The van der Waals surface area contributed by atoms with Gasteiger partial charge >= 0.3 is 6.18 Å². The predicted octanol–water partition coefficient (Wildman–Crippen LogP) is 20.9. The lowest BCUT2D eigenvalue weighted by Crippen LogP contribution is -2.39. The number of pyridine rings is 2. The monoisotopic (exact) mass is 1560 g/mol. The molecule has 5 aliphatic rings. The number of rotatable bonds is 17. The minimum atomic E-state index is -4.66. The van der Waals surface area contributed by atoms with Gasteiger partial charge in [-0.25, -0.2) is 24.0 Å². The minimum Gasteiger partial charge on any atom is -0.348 e. The van der Waals surface area contributed by atoms with E-state index in [1.54, 1.807) is 30.9 Å². The normalized spacial score (nSPS) is 17.7. The number of nitrogens with zero attached hydrogens (tertiary/aromatic N) is 10. The van der Waals surface area contributed by atoms with Crippen LogP contribution in [0.15, 0.2) is 164 Å². The van der Waals surface area contributed by atoms with E-state index >= 15 is 0 Å². The summed E-state index contributed by atoms with van der Waals surface area (Å²) in [7, 11) is 0. The Morgan fingerprint density at radius 1 is 0.500 bits per heavy atom. The van der Waals surface area contributed by atoms with Gasteiger partial charge in [-0.3, -0.25) is 24.4 Å². The maximum Gasteiger partial charge on any atom is 0.433 e. The van der Waals surface area contributed by atoms with Gasteiger partial charge in [0.05, 0.1) is 34.5 Å². The molecule has 16 nitrogen and oxygen atoms in total. The van der Waals surface area contributed by atoms with E-state index in [0.717, 1.165) is 149 Å². The molecule has 0 radical (unpaired) electrons. The Balaban J connectivity index is 0.000000145. The summed E-state index contributed by atoms with van der Waals surface area (Å²) in [5, 5.41) is 26.0. The number of hydrogen-bond acceptors (Lipinski definition) is 10. The molecule has 0 aliphatic heterocycles. The Morgan fingerprint density at radius 2 is 0.964 bits per heavy atom. The number of carbonyl (C=O) groups is 3. The molecule has 1 unspecified atom stereocenters. The second-order valence-electron chi connectivity index (χ2n) is 29.5. The van der Waals surface area contributed by atoms with Crippen LogP contribution < -0.4 is 16.0 Å². The Morgan fingerprint density at radius 3 is 1.46 bits per heavy atom. The van der Waals surface area contributed by atoms with Crippen molar-refractivity contribution < 1.29 is 27.6 Å². The zero-order valence-electron chi connectivity index (χ0n) is 62.0. The zero-order chi connectivity index (χ0) is 76.7. The van der Waals surface area contributed by atoms with Crippen LogP contribution >= 0.6 is 46.4 Å². The van der Waals surface area contributed by atoms with Gasteiger partial charge in [-0.1, -0.05) is 146 Å². The molecule has 23 heteroatoms. The highest BCUT2D eigenvalue weighted by atomic mass is 35.5. The fourth-order valence-electron chi connectivity index (χ4n) is 16.2. The van der Waals surface area contributed by atoms with E-state index in [1.807, 2.05) is 131 Å². The summed E-state index contributed by atoms with van der Waals surface area (Å²) in [6, 6.07) is 41.0.